The quantitative estimate of drug-likeness (QED) is 0.353. The lowest BCUT2D eigenvalue weighted by molar-refractivity contribution is 0.238. The van der Waals surface area contributed by atoms with Gasteiger partial charge in [0.2, 0.25) is 0 Å². The fraction of sp³-hybridized carbons (Fsp3) is 0.333. The van der Waals surface area contributed by atoms with E-state index in [1.54, 1.807) is 18.3 Å². The number of rotatable bonds is 7. The number of aromatic nitrogens is 2. The van der Waals surface area contributed by atoms with Gasteiger partial charge in [-0.2, -0.15) is 5.10 Å². The fourth-order valence-electron chi connectivity index (χ4n) is 4.24. The first-order valence-corrected chi connectivity index (χ1v) is 11.0. The molecule has 5 rings (SSSR count). The van der Waals surface area contributed by atoms with E-state index in [9.17, 15) is 9.90 Å². The van der Waals surface area contributed by atoms with Crippen molar-refractivity contribution in [2.24, 2.45) is 0 Å². The van der Waals surface area contributed by atoms with Gasteiger partial charge in [-0.15, -0.1) is 0 Å². The minimum absolute atomic E-state index is 0.00703. The topological polar surface area (TPSA) is 83.5 Å². The lowest BCUT2D eigenvalue weighted by Crippen LogP contribution is -2.46. The summed E-state index contributed by atoms with van der Waals surface area (Å²) in [5.74, 6) is 0.871. The van der Waals surface area contributed by atoms with Crippen LogP contribution in [-0.2, 0) is 0 Å². The summed E-state index contributed by atoms with van der Waals surface area (Å²) in [6, 6.07) is 12.5. The lowest BCUT2D eigenvalue weighted by Gasteiger charge is -2.36. The smallest absolute Gasteiger partial charge is 0.336 e. The second kappa shape index (κ2) is 8.92. The Morgan fingerprint density at radius 2 is 1.91 bits per heavy atom. The molecule has 0 atom stereocenters. The van der Waals surface area contributed by atoms with Crippen LogP contribution in [0.1, 0.15) is 12.8 Å². The summed E-state index contributed by atoms with van der Waals surface area (Å²) in [5, 5.41) is 15.0. The van der Waals surface area contributed by atoms with Crippen LogP contribution in [0.25, 0.3) is 16.5 Å². The summed E-state index contributed by atoms with van der Waals surface area (Å²) < 4.78 is 12.9. The molecule has 166 valence electrons. The molecule has 8 heteroatoms. The molecule has 1 aromatic carbocycles. The van der Waals surface area contributed by atoms with E-state index in [1.165, 1.54) is 6.07 Å². The van der Waals surface area contributed by atoms with E-state index in [4.69, 9.17) is 9.15 Å². The number of ether oxygens (including phenoxy) is 1. The SMILES string of the molecule is O=c1ccc2c(N3CCN(CCCCOc4ccn5nccc5c4)CC3)ccc(O)c2o1. The molecule has 1 aliphatic rings. The summed E-state index contributed by atoms with van der Waals surface area (Å²) in [4.78, 5) is 16.3. The maximum Gasteiger partial charge on any atom is 0.336 e. The van der Waals surface area contributed by atoms with Crippen LogP contribution in [0.4, 0.5) is 5.69 Å². The van der Waals surface area contributed by atoms with Crippen LogP contribution >= 0.6 is 0 Å². The second-order valence-electron chi connectivity index (χ2n) is 8.05. The van der Waals surface area contributed by atoms with Gasteiger partial charge in [0.1, 0.15) is 5.75 Å². The number of phenols is 1. The largest absolute Gasteiger partial charge is 0.504 e. The molecule has 32 heavy (non-hydrogen) atoms. The van der Waals surface area contributed by atoms with Crippen molar-refractivity contribution in [2.75, 3.05) is 44.2 Å². The molecule has 1 saturated heterocycles. The number of pyridine rings is 1. The monoisotopic (exact) mass is 434 g/mol. The molecular formula is C24H26N4O4. The predicted molar refractivity (Wildman–Crippen MR) is 123 cm³/mol. The first-order valence-electron chi connectivity index (χ1n) is 11.0. The molecule has 1 N–H and O–H groups in total. The van der Waals surface area contributed by atoms with Crippen LogP contribution in [0.3, 0.4) is 0 Å². The zero-order valence-corrected chi connectivity index (χ0v) is 17.8. The maximum atomic E-state index is 11.5. The van der Waals surface area contributed by atoms with Gasteiger partial charge < -0.3 is 19.2 Å². The van der Waals surface area contributed by atoms with Gasteiger partial charge in [-0.05, 0) is 49.7 Å². The highest BCUT2D eigenvalue weighted by atomic mass is 16.5. The van der Waals surface area contributed by atoms with E-state index in [2.05, 4.69) is 14.9 Å². The molecular weight excluding hydrogens is 408 g/mol. The van der Waals surface area contributed by atoms with Crippen molar-refractivity contribution >= 4 is 22.2 Å². The average molecular weight is 434 g/mol. The Kier molecular flexibility index (Phi) is 5.68. The Labute approximate surface area is 185 Å². The van der Waals surface area contributed by atoms with Gasteiger partial charge in [0.05, 0.1) is 12.1 Å². The summed E-state index contributed by atoms with van der Waals surface area (Å²) in [6.07, 6.45) is 5.78. The normalized spacial score (nSPS) is 14.9. The number of benzene rings is 1. The van der Waals surface area contributed by atoms with Gasteiger partial charge in [0.25, 0.3) is 0 Å². The Balaban J connectivity index is 1.09. The van der Waals surface area contributed by atoms with Crippen LogP contribution in [0.5, 0.6) is 11.5 Å². The van der Waals surface area contributed by atoms with Crippen LogP contribution < -0.4 is 15.3 Å². The number of aromatic hydroxyl groups is 1. The second-order valence-corrected chi connectivity index (χ2v) is 8.05. The maximum absolute atomic E-state index is 11.5. The van der Waals surface area contributed by atoms with Crippen LogP contribution in [0.2, 0.25) is 0 Å². The highest BCUT2D eigenvalue weighted by molar-refractivity contribution is 5.94. The minimum atomic E-state index is -0.457. The molecule has 3 aromatic heterocycles. The predicted octanol–water partition coefficient (Wildman–Crippen LogP) is 3.13. The standard InChI is InChI=1S/C24H26N4O4/c29-22-5-4-21(20-3-6-23(30)32-24(20)22)27-14-12-26(13-15-27)10-1-2-16-31-19-8-11-28-18(17-19)7-9-25-28/h3-9,11,17,29H,1-2,10,12-16H2. The third-order valence-corrected chi connectivity index (χ3v) is 5.96. The molecule has 0 unspecified atom stereocenters. The Bertz CT molecular complexity index is 1270. The number of hydrogen-bond donors (Lipinski definition) is 1. The van der Waals surface area contributed by atoms with Crippen LogP contribution in [0.15, 0.2) is 64.1 Å². The number of unbranched alkanes of at least 4 members (excludes halogenated alkanes) is 1. The summed E-state index contributed by atoms with van der Waals surface area (Å²) in [7, 11) is 0. The van der Waals surface area contributed by atoms with Crippen molar-refractivity contribution in [2.45, 2.75) is 12.8 Å². The van der Waals surface area contributed by atoms with Gasteiger partial charge in [-0.25, -0.2) is 9.31 Å². The molecule has 4 aromatic rings. The third kappa shape index (κ3) is 4.27. The van der Waals surface area contributed by atoms with Crippen molar-refractivity contribution in [1.82, 2.24) is 14.5 Å². The van der Waals surface area contributed by atoms with Gasteiger partial charge >= 0.3 is 5.63 Å². The number of fused-ring (bicyclic) bond motifs is 2. The Hall–Kier alpha value is -3.52. The van der Waals surface area contributed by atoms with Gasteiger partial charge in [0, 0.05) is 61.8 Å². The molecule has 0 aliphatic carbocycles. The molecule has 0 spiro atoms. The average Bonchev–Trinajstić information content (AvgIpc) is 3.28. The van der Waals surface area contributed by atoms with Crippen molar-refractivity contribution in [3.63, 3.8) is 0 Å². The first-order chi connectivity index (χ1) is 15.7. The van der Waals surface area contributed by atoms with Crippen molar-refractivity contribution in [3.05, 3.63) is 65.3 Å². The summed E-state index contributed by atoms with van der Waals surface area (Å²) in [5.41, 5.74) is 1.82. The summed E-state index contributed by atoms with van der Waals surface area (Å²) >= 11 is 0. The molecule has 0 radical (unpaired) electrons. The molecule has 0 bridgehead atoms. The molecule has 1 fully saturated rings. The van der Waals surface area contributed by atoms with E-state index in [0.29, 0.717) is 6.61 Å². The zero-order valence-electron chi connectivity index (χ0n) is 17.8. The van der Waals surface area contributed by atoms with Gasteiger partial charge in [-0.1, -0.05) is 0 Å². The highest BCUT2D eigenvalue weighted by Gasteiger charge is 2.20. The molecule has 4 heterocycles. The first kappa shape index (κ1) is 20.4. The third-order valence-electron chi connectivity index (χ3n) is 5.96. The van der Waals surface area contributed by atoms with E-state index in [1.807, 2.05) is 35.0 Å². The van der Waals surface area contributed by atoms with Gasteiger partial charge in [-0.3, -0.25) is 4.90 Å². The van der Waals surface area contributed by atoms with Crippen LogP contribution in [0, 0.1) is 0 Å². The molecule has 0 saturated carbocycles. The number of nitrogens with zero attached hydrogens (tertiary/aromatic N) is 4. The van der Waals surface area contributed by atoms with E-state index < -0.39 is 5.63 Å². The molecule has 8 nitrogen and oxygen atoms in total. The van der Waals surface area contributed by atoms with Crippen LogP contribution in [-0.4, -0.2) is 59.0 Å². The van der Waals surface area contributed by atoms with Crippen molar-refractivity contribution < 1.29 is 14.3 Å². The fourth-order valence-corrected chi connectivity index (χ4v) is 4.24. The number of phenolic OH excluding ortho intramolecular Hbond substituents is 1. The summed E-state index contributed by atoms with van der Waals surface area (Å²) in [6.45, 7) is 5.47. The van der Waals surface area contributed by atoms with Crippen molar-refractivity contribution in [1.29, 1.82) is 0 Å². The zero-order chi connectivity index (χ0) is 21.9. The molecule has 0 amide bonds. The van der Waals surface area contributed by atoms with Crippen molar-refractivity contribution in [3.8, 4) is 11.5 Å². The highest BCUT2D eigenvalue weighted by Crippen LogP contribution is 2.32. The Morgan fingerprint density at radius 3 is 2.78 bits per heavy atom. The molecule has 1 aliphatic heterocycles. The number of hydrogen-bond acceptors (Lipinski definition) is 7. The van der Waals surface area contributed by atoms with E-state index in [0.717, 1.165) is 67.9 Å². The number of anilines is 1. The minimum Gasteiger partial charge on any atom is -0.504 e. The Morgan fingerprint density at radius 1 is 1.03 bits per heavy atom. The van der Waals surface area contributed by atoms with E-state index >= 15 is 0 Å². The number of piperazine rings is 1. The van der Waals surface area contributed by atoms with Gasteiger partial charge in [0.15, 0.2) is 11.3 Å². The van der Waals surface area contributed by atoms with E-state index in [-0.39, 0.29) is 11.3 Å². The lowest BCUT2D eigenvalue weighted by atomic mass is 10.1.